The van der Waals surface area contributed by atoms with Crippen molar-refractivity contribution in [3.05, 3.63) is 34.9 Å². The molecule has 1 heterocycles. The largest absolute Gasteiger partial charge is 0.338 e. The van der Waals surface area contributed by atoms with Crippen LogP contribution >= 0.6 is 11.6 Å². The van der Waals surface area contributed by atoms with Gasteiger partial charge in [-0.2, -0.15) is 4.98 Å². The molecule has 0 bridgehead atoms. The van der Waals surface area contributed by atoms with Crippen molar-refractivity contribution < 1.29 is 8.91 Å². The SMILES string of the molecule is NCC1(c2nc(-c3ccc(F)c(Cl)c3)no2)CCCCC1. The summed E-state index contributed by atoms with van der Waals surface area (Å²) in [7, 11) is 0. The molecule has 1 fully saturated rings. The van der Waals surface area contributed by atoms with Gasteiger partial charge in [0, 0.05) is 12.1 Å². The van der Waals surface area contributed by atoms with Crippen LogP contribution in [0.15, 0.2) is 22.7 Å². The number of rotatable bonds is 3. The van der Waals surface area contributed by atoms with Crippen LogP contribution in [0.2, 0.25) is 5.02 Å². The Morgan fingerprint density at radius 2 is 2.05 bits per heavy atom. The second kappa shape index (κ2) is 5.73. The molecule has 1 aliphatic carbocycles. The molecule has 0 amide bonds. The van der Waals surface area contributed by atoms with Crippen molar-refractivity contribution in [3.8, 4) is 11.4 Å². The van der Waals surface area contributed by atoms with E-state index in [1.165, 1.54) is 18.6 Å². The van der Waals surface area contributed by atoms with E-state index in [9.17, 15) is 4.39 Å². The van der Waals surface area contributed by atoms with Crippen LogP contribution in [-0.2, 0) is 5.41 Å². The van der Waals surface area contributed by atoms with Crippen LogP contribution in [0.5, 0.6) is 0 Å². The topological polar surface area (TPSA) is 64.9 Å². The lowest BCUT2D eigenvalue weighted by atomic mass is 9.74. The van der Waals surface area contributed by atoms with Gasteiger partial charge in [-0.3, -0.25) is 0 Å². The van der Waals surface area contributed by atoms with E-state index >= 15 is 0 Å². The van der Waals surface area contributed by atoms with Gasteiger partial charge < -0.3 is 10.3 Å². The molecular formula is C15H17ClFN3O. The van der Waals surface area contributed by atoms with Crippen LogP contribution in [0.4, 0.5) is 4.39 Å². The molecule has 21 heavy (non-hydrogen) atoms. The molecule has 112 valence electrons. The van der Waals surface area contributed by atoms with E-state index in [1.54, 1.807) is 6.07 Å². The Balaban J connectivity index is 1.93. The van der Waals surface area contributed by atoms with Gasteiger partial charge in [-0.15, -0.1) is 0 Å². The van der Waals surface area contributed by atoms with Crippen molar-refractivity contribution >= 4 is 11.6 Å². The molecule has 2 N–H and O–H groups in total. The zero-order chi connectivity index (χ0) is 14.9. The highest BCUT2D eigenvalue weighted by Gasteiger charge is 2.38. The summed E-state index contributed by atoms with van der Waals surface area (Å²) in [6.07, 6.45) is 5.40. The molecule has 1 aromatic heterocycles. The van der Waals surface area contributed by atoms with E-state index in [1.807, 2.05) is 0 Å². The molecule has 0 saturated heterocycles. The molecule has 0 atom stereocenters. The van der Waals surface area contributed by atoms with Crippen LogP contribution in [-0.4, -0.2) is 16.7 Å². The lowest BCUT2D eigenvalue weighted by molar-refractivity contribution is 0.220. The summed E-state index contributed by atoms with van der Waals surface area (Å²) < 4.78 is 18.7. The van der Waals surface area contributed by atoms with Crippen molar-refractivity contribution in [2.75, 3.05) is 6.54 Å². The maximum atomic E-state index is 13.2. The molecular weight excluding hydrogens is 293 g/mol. The molecule has 1 aliphatic rings. The zero-order valence-electron chi connectivity index (χ0n) is 11.6. The Bertz CT molecular complexity index is 638. The molecule has 4 nitrogen and oxygen atoms in total. The predicted octanol–water partition coefficient (Wildman–Crippen LogP) is 3.69. The minimum Gasteiger partial charge on any atom is -0.338 e. The van der Waals surface area contributed by atoms with Crippen LogP contribution in [0, 0.1) is 5.82 Å². The Hall–Kier alpha value is -1.46. The highest BCUT2D eigenvalue weighted by Crippen LogP contribution is 2.38. The summed E-state index contributed by atoms with van der Waals surface area (Å²) in [5.74, 6) is 0.542. The van der Waals surface area contributed by atoms with Crippen LogP contribution in [0.25, 0.3) is 11.4 Å². The van der Waals surface area contributed by atoms with Gasteiger partial charge in [-0.1, -0.05) is 36.0 Å². The second-order valence-electron chi connectivity index (χ2n) is 5.60. The minimum atomic E-state index is -0.463. The van der Waals surface area contributed by atoms with Crippen LogP contribution in [0.1, 0.15) is 38.0 Å². The normalized spacial score (nSPS) is 17.9. The molecule has 1 saturated carbocycles. The summed E-state index contributed by atoms with van der Waals surface area (Å²) in [6, 6.07) is 4.39. The van der Waals surface area contributed by atoms with Gasteiger partial charge in [0.2, 0.25) is 11.7 Å². The van der Waals surface area contributed by atoms with Crippen LogP contribution < -0.4 is 5.73 Å². The summed E-state index contributed by atoms with van der Waals surface area (Å²) in [5.41, 5.74) is 6.39. The maximum Gasteiger partial charge on any atom is 0.234 e. The summed E-state index contributed by atoms with van der Waals surface area (Å²) in [4.78, 5) is 4.48. The minimum absolute atomic E-state index is 0.0463. The third-order valence-corrected chi connectivity index (χ3v) is 4.55. The van der Waals surface area contributed by atoms with E-state index in [-0.39, 0.29) is 10.4 Å². The standard InChI is InChI=1S/C15H17ClFN3O/c16-11-8-10(4-5-12(11)17)13-19-14(21-20-13)15(9-18)6-2-1-3-7-15/h4-5,8H,1-3,6-7,9,18H2. The Morgan fingerprint density at radius 1 is 1.29 bits per heavy atom. The predicted molar refractivity (Wildman–Crippen MR) is 78.5 cm³/mol. The molecule has 2 aromatic rings. The van der Waals surface area contributed by atoms with Gasteiger partial charge >= 0.3 is 0 Å². The molecule has 1 aromatic carbocycles. The maximum absolute atomic E-state index is 13.2. The molecule has 0 spiro atoms. The number of nitrogens with two attached hydrogens (primary N) is 1. The van der Waals surface area contributed by atoms with Crippen molar-refractivity contribution in [1.29, 1.82) is 0 Å². The quantitative estimate of drug-likeness (QED) is 0.939. The van der Waals surface area contributed by atoms with Crippen molar-refractivity contribution in [3.63, 3.8) is 0 Å². The number of halogens is 2. The number of hydrogen-bond acceptors (Lipinski definition) is 4. The molecule has 0 radical (unpaired) electrons. The average Bonchev–Trinajstić information content (AvgIpc) is 3.01. The van der Waals surface area contributed by atoms with Gasteiger partial charge in [0.1, 0.15) is 5.82 Å². The van der Waals surface area contributed by atoms with E-state index in [4.69, 9.17) is 21.9 Å². The number of benzene rings is 1. The Kier molecular flexibility index (Phi) is 3.95. The van der Waals surface area contributed by atoms with E-state index in [2.05, 4.69) is 10.1 Å². The summed E-state index contributed by atoms with van der Waals surface area (Å²) in [5, 5.41) is 4.05. The highest BCUT2D eigenvalue weighted by atomic mass is 35.5. The molecule has 0 aliphatic heterocycles. The van der Waals surface area contributed by atoms with Gasteiger partial charge in [0.25, 0.3) is 0 Å². The van der Waals surface area contributed by atoms with Gasteiger partial charge in [-0.05, 0) is 31.0 Å². The van der Waals surface area contributed by atoms with Gasteiger partial charge in [0.15, 0.2) is 0 Å². The second-order valence-corrected chi connectivity index (χ2v) is 6.00. The monoisotopic (exact) mass is 309 g/mol. The highest BCUT2D eigenvalue weighted by molar-refractivity contribution is 6.31. The first-order valence-electron chi connectivity index (χ1n) is 7.14. The van der Waals surface area contributed by atoms with Gasteiger partial charge in [0.05, 0.1) is 10.4 Å². The third-order valence-electron chi connectivity index (χ3n) is 4.26. The number of nitrogens with zero attached hydrogens (tertiary/aromatic N) is 2. The van der Waals surface area contributed by atoms with Crippen molar-refractivity contribution in [1.82, 2.24) is 10.1 Å². The van der Waals surface area contributed by atoms with E-state index in [0.29, 0.717) is 23.8 Å². The first-order valence-corrected chi connectivity index (χ1v) is 7.52. The van der Waals surface area contributed by atoms with Gasteiger partial charge in [-0.25, -0.2) is 4.39 Å². The first kappa shape index (κ1) is 14.5. The first-order chi connectivity index (χ1) is 10.1. The molecule has 6 heteroatoms. The summed E-state index contributed by atoms with van der Waals surface area (Å²) in [6.45, 7) is 0.499. The average molecular weight is 310 g/mol. The fourth-order valence-electron chi connectivity index (χ4n) is 2.93. The number of aromatic nitrogens is 2. The third kappa shape index (κ3) is 2.68. The lowest BCUT2D eigenvalue weighted by Gasteiger charge is -2.32. The van der Waals surface area contributed by atoms with Crippen molar-refractivity contribution in [2.45, 2.75) is 37.5 Å². The molecule has 3 rings (SSSR count). The van der Waals surface area contributed by atoms with Crippen LogP contribution in [0.3, 0.4) is 0 Å². The fraction of sp³-hybridized carbons (Fsp3) is 0.467. The smallest absolute Gasteiger partial charge is 0.234 e. The van der Waals surface area contributed by atoms with E-state index in [0.717, 1.165) is 25.7 Å². The Labute approximate surface area is 127 Å². The summed E-state index contributed by atoms with van der Waals surface area (Å²) >= 11 is 5.79. The van der Waals surface area contributed by atoms with E-state index < -0.39 is 5.82 Å². The zero-order valence-corrected chi connectivity index (χ0v) is 12.4. The number of hydrogen-bond donors (Lipinski definition) is 1. The molecule has 0 unspecified atom stereocenters. The fourth-order valence-corrected chi connectivity index (χ4v) is 3.11. The lowest BCUT2D eigenvalue weighted by Crippen LogP contribution is -2.37. The Morgan fingerprint density at radius 3 is 2.71 bits per heavy atom. The van der Waals surface area contributed by atoms with Crippen molar-refractivity contribution in [2.24, 2.45) is 5.73 Å².